The largest absolute Gasteiger partial charge is 0.339 e. The van der Waals surface area contributed by atoms with E-state index in [-0.39, 0.29) is 23.8 Å². The molecule has 1 aromatic carbocycles. The van der Waals surface area contributed by atoms with Gasteiger partial charge < -0.3 is 20.4 Å². The average Bonchev–Trinajstić information content (AvgIpc) is 2.85. The van der Waals surface area contributed by atoms with Crippen molar-refractivity contribution < 1.29 is 14.4 Å². The third kappa shape index (κ3) is 7.76. The second-order valence-corrected chi connectivity index (χ2v) is 9.78. The first kappa shape index (κ1) is 25.1. The van der Waals surface area contributed by atoms with E-state index in [0.29, 0.717) is 45.1 Å². The van der Waals surface area contributed by atoms with Crippen molar-refractivity contribution in [1.82, 2.24) is 20.4 Å². The van der Waals surface area contributed by atoms with Gasteiger partial charge in [0.25, 0.3) is 0 Å². The fourth-order valence-electron chi connectivity index (χ4n) is 4.82. The molecule has 2 fully saturated rings. The standard InChI is InChI=1S/C26H40N4O3/c1-20(2)24(28-26(33)27-19-22-11-7-4-8-12-22)25(32)30-17-15-29(16-18-30)23(31)14-13-21-9-5-3-6-10-21/h4,7-8,11-12,20-21,24H,3,5-6,9-10,13-19H2,1-2H3,(H2,27,28,33). The van der Waals surface area contributed by atoms with E-state index in [0.717, 1.165) is 12.0 Å². The number of hydrogen-bond donors (Lipinski definition) is 2. The van der Waals surface area contributed by atoms with Crippen molar-refractivity contribution in [1.29, 1.82) is 0 Å². The van der Waals surface area contributed by atoms with Gasteiger partial charge in [0.15, 0.2) is 0 Å². The Morgan fingerprint density at radius 1 is 0.939 bits per heavy atom. The molecule has 1 aliphatic heterocycles. The lowest BCUT2D eigenvalue weighted by Crippen LogP contribution is -2.58. The van der Waals surface area contributed by atoms with E-state index < -0.39 is 6.04 Å². The molecule has 1 heterocycles. The molecule has 2 N–H and O–H groups in total. The van der Waals surface area contributed by atoms with Gasteiger partial charge in [-0.3, -0.25) is 9.59 Å². The highest BCUT2D eigenvalue weighted by atomic mass is 16.2. The van der Waals surface area contributed by atoms with Crippen molar-refractivity contribution in [3.05, 3.63) is 35.9 Å². The van der Waals surface area contributed by atoms with Crippen LogP contribution < -0.4 is 10.6 Å². The first-order valence-electron chi connectivity index (χ1n) is 12.6. The van der Waals surface area contributed by atoms with E-state index in [9.17, 15) is 14.4 Å². The summed E-state index contributed by atoms with van der Waals surface area (Å²) in [7, 11) is 0. The van der Waals surface area contributed by atoms with Crippen molar-refractivity contribution in [2.75, 3.05) is 26.2 Å². The summed E-state index contributed by atoms with van der Waals surface area (Å²) in [6.07, 6.45) is 8.08. The molecule has 4 amide bonds. The Morgan fingerprint density at radius 3 is 2.21 bits per heavy atom. The zero-order valence-electron chi connectivity index (χ0n) is 20.2. The fraction of sp³-hybridized carbons (Fsp3) is 0.654. The molecule has 1 aromatic rings. The van der Waals surface area contributed by atoms with Gasteiger partial charge in [0.1, 0.15) is 6.04 Å². The van der Waals surface area contributed by atoms with Crippen molar-refractivity contribution in [2.45, 2.75) is 71.4 Å². The van der Waals surface area contributed by atoms with Crippen LogP contribution in [0.15, 0.2) is 30.3 Å². The monoisotopic (exact) mass is 456 g/mol. The summed E-state index contributed by atoms with van der Waals surface area (Å²) in [5, 5.41) is 5.68. The molecule has 0 spiro atoms. The molecule has 1 saturated carbocycles. The molecule has 0 radical (unpaired) electrons. The molecule has 7 heteroatoms. The number of benzene rings is 1. The van der Waals surface area contributed by atoms with Gasteiger partial charge in [-0.2, -0.15) is 0 Å². The number of carbonyl (C=O) groups is 3. The van der Waals surface area contributed by atoms with Crippen LogP contribution in [0.25, 0.3) is 0 Å². The Morgan fingerprint density at radius 2 is 1.58 bits per heavy atom. The molecule has 1 aliphatic carbocycles. The number of rotatable bonds is 8. The van der Waals surface area contributed by atoms with Crippen LogP contribution in [0.3, 0.4) is 0 Å². The lowest BCUT2D eigenvalue weighted by molar-refractivity contribution is -0.141. The van der Waals surface area contributed by atoms with Crippen LogP contribution in [-0.4, -0.2) is 59.9 Å². The topological polar surface area (TPSA) is 81.8 Å². The third-order valence-corrected chi connectivity index (χ3v) is 6.95. The summed E-state index contributed by atoms with van der Waals surface area (Å²) >= 11 is 0. The predicted molar refractivity (Wildman–Crippen MR) is 129 cm³/mol. The minimum absolute atomic E-state index is 0.0323. The maximum absolute atomic E-state index is 13.1. The molecule has 2 aliphatic rings. The average molecular weight is 457 g/mol. The number of urea groups is 1. The summed E-state index contributed by atoms with van der Waals surface area (Å²) in [5.74, 6) is 0.812. The minimum atomic E-state index is -0.589. The number of amides is 4. The van der Waals surface area contributed by atoms with Crippen molar-refractivity contribution >= 4 is 17.8 Å². The summed E-state index contributed by atoms with van der Waals surface area (Å²) < 4.78 is 0. The number of nitrogens with zero attached hydrogens (tertiary/aromatic N) is 2. The Labute approximate surface area is 198 Å². The Balaban J connectivity index is 1.42. The van der Waals surface area contributed by atoms with Gasteiger partial charge >= 0.3 is 6.03 Å². The van der Waals surface area contributed by atoms with Crippen LogP contribution >= 0.6 is 0 Å². The van der Waals surface area contributed by atoms with E-state index in [1.807, 2.05) is 49.1 Å². The molecule has 0 bridgehead atoms. The molecule has 1 atom stereocenters. The number of nitrogens with one attached hydrogen (secondary N) is 2. The van der Waals surface area contributed by atoms with Crippen LogP contribution in [0.5, 0.6) is 0 Å². The molecule has 3 rings (SSSR count). The van der Waals surface area contributed by atoms with E-state index in [1.165, 1.54) is 32.1 Å². The Bertz CT molecular complexity index is 769. The van der Waals surface area contributed by atoms with Crippen LogP contribution in [-0.2, 0) is 16.1 Å². The lowest BCUT2D eigenvalue weighted by atomic mass is 9.86. The second kappa shape index (κ2) is 12.6. The normalized spacial score (nSPS) is 18.2. The highest BCUT2D eigenvalue weighted by Crippen LogP contribution is 2.27. The number of hydrogen-bond acceptors (Lipinski definition) is 3. The lowest BCUT2D eigenvalue weighted by Gasteiger charge is -2.37. The van der Waals surface area contributed by atoms with Gasteiger partial charge in [0.05, 0.1) is 0 Å². The summed E-state index contributed by atoms with van der Waals surface area (Å²) in [4.78, 5) is 41.9. The minimum Gasteiger partial charge on any atom is -0.339 e. The van der Waals surface area contributed by atoms with Gasteiger partial charge in [-0.05, 0) is 23.8 Å². The molecule has 182 valence electrons. The number of piperazine rings is 1. The number of carbonyl (C=O) groups excluding carboxylic acids is 3. The first-order valence-corrected chi connectivity index (χ1v) is 12.6. The van der Waals surface area contributed by atoms with Crippen molar-refractivity contribution in [2.24, 2.45) is 11.8 Å². The third-order valence-electron chi connectivity index (χ3n) is 6.95. The molecule has 1 unspecified atom stereocenters. The van der Waals surface area contributed by atoms with Crippen LogP contribution in [0.2, 0.25) is 0 Å². The maximum atomic E-state index is 13.1. The van der Waals surface area contributed by atoms with E-state index in [2.05, 4.69) is 10.6 Å². The summed E-state index contributed by atoms with van der Waals surface area (Å²) in [5.41, 5.74) is 1.00. The summed E-state index contributed by atoms with van der Waals surface area (Å²) in [6, 6.07) is 8.74. The Kier molecular flexibility index (Phi) is 9.58. The van der Waals surface area contributed by atoms with Gasteiger partial charge in [-0.15, -0.1) is 0 Å². The van der Waals surface area contributed by atoms with Gasteiger partial charge in [-0.25, -0.2) is 4.79 Å². The zero-order chi connectivity index (χ0) is 23.6. The fourth-order valence-corrected chi connectivity index (χ4v) is 4.82. The van der Waals surface area contributed by atoms with E-state index >= 15 is 0 Å². The highest BCUT2D eigenvalue weighted by Gasteiger charge is 2.31. The van der Waals surface area contributed by atoms with Gasteiger partial charge in [0, 0.05) is 39.1 Å². The van der Waals surface area contributed by atoms with E-state index in [1.54, 1.807) is 4.90 Å². The molecule has 1 saturated heterocycles. The molecule has 7 nitrogen and oxygen atoms in total. The maximum Gasteiger partial charge on any atom is 0.315 e. The van der Waals surface area contributed by atoms with Gasteiger partial charge in [0.2, 0.25) is 11.8 Å². The van der Waals surface area contributed by atoms with Crippen LogP contribution in [0.1, 0.15) is 64.4 Å². The predicted octanol–water partition coefficient (Wildman–Crippen LogP) is 3.54. The zero-order valence-corrected chi connectivity index (χ0v) is 20.2. The summed E-state index contributed by atoms with van der Waals surface area (Å²) in [6.45, 7) is 6.46. The Hall–Kier alpha value is -2.57. The van der Waals surface area contributed by atoms with Crippen LogP contribution in [0, 0.1) is 11.8 Å². The first-order chi connectivity index (χ1) is 15.9. The smallest absolute Gasteiger partial charge is 0.315 e. The SMILES string of the molecule is CC(C)C(NC(=O)NCc1ccccc1)C(=O)N1CCN(C(=O)CCC2CCCCC2)CC1. The van der Waals surface area contributed by atoms with Crippen LogP contribution in [0.4, 0.5) is 4.79 Å². The van der Waals surface area contributed by atoms with Crippen molar-refractivity contribution in [3.8, 4) is 0 Å². The molecular weight excluding hydrogens is 416 g/mol. The molecule has 0 aromatic heterocycles. The quantitative estimate of drug-likeness (QED) is 0.628. The van der Waals surface area contributed by atoms with Crippen molar-refractivity contribution in [3.63, 3.8) is 0 Å². The molecule has 33 heavy (non-hydrogen) atoms. The highest BCUT2D eigenvalue weighted by molar-refractivity contribution is 5.87. The van der Waals surface area contributed by atoms with Gasteiger partial charge in [-0.1, -0.05) is 76.3 Å². The second-order valence-electron chi connectivity index (χ2n) is 9.78. The molecular formula is C26H40N4O3. The van der Waals surface area contributed by atoms with E-state index in [4.69, 9.17) is 0 Å².